The number of aryl methyl sites for hydroxylation is 1. The highest BCUT2D eigenvalue weighted by Crippen LogP contribution is 2.12. The Morgan fingerprint density at radius 3 is 2.61 bits per heavy atom. The molecule has 0 aliphatic rings. The number of amides is 1. The van der Waals surface area contributed by atoms with E-state index in [0.29, 0.717) is 6.42 Å². The van der Waals surface area contributed by atoms with Gasteiger partial charge in [-0.05, 0) is 19.3 Å². The highest BCUT2D eigenvalue weighted by Gasteiger charge is 2.22. The summed E-state index contributed by atoms with van der Waals surface area (Å²) in [6.45, 7) is 5.37. The molecule has 10 heteroatoms. The van der Waals surface area contributed by atoms with E-state index in [1.807, 2.05) is 13.8 Å². The predicted molar refractivity (Wildman–Crippen MR) is 85.3 cm³/mol. The molecule has 1 atom stereocenters. The van der Waals surface area contributed by atoms with Crippen molar-refractivity contribution >= 4 is 23.6 Å². The van der Waals surface area contributed by atoms with Gasteiger partial charge in [-0.15, -0.1) is 10.2 Å². The fourth-order valence-corrected chi connectivity index (χ4v) is 2.43. The van der Waals surface area contributed by atoms with Gasteiger partial charge in [0.05, 0.1) is 12.9 Å². The number of ether oxygens (including phenoxy) is 1. The lowest BCUT2D eigenvalue weighted by Crippen LogP contribution is -2.43. The van der Waals surface area contributed by atoms with E-state index in [0.717, 1.165) is 16.4 Å². The zero-order valence-electron chi connectivity index (χ0n) is 13.5. The van der Waals surface area contributed by atoms with Crippen molar-refractivity contribution in [1.29, 1.82) is 0 Å². The molecule has 23 heavy (non-hydrogen) atoms. The van der Waals surface area contributed by atoms with Crippen LogP contribution in [0.1, 0.15) is 26.0 Å². The second-order valence-electron chi connectivity index (χ2n) is 5.30. The van der Waals surface area contributed by atoms with Crippen molar-refractivity contribution < 1.29 is 14.3 Å². The lowest BCUT2D eigenvalue weighted by Gasteiger charge is -2.18. The molecule has 0 aromatic carbocycles. The number of esters is 1. The first kappa shape index (κ1) is 18.9. The monoisotopic (exact) mass is 343 g/mol. The van der Waals surface area contributed by atoms with Crippen LogP contribution in [0.25, 0.3) is 0 Å². The van der Waals surface area contributed by atoms with Crippen molar-refractivity contribution in [2.24, 2.45) is 5.92 Å². The van der Waals surface area contributed by atoms with E-state index in [2.05, 4.69) is 20.3 Å². The Bertz CT molecular complexity index is 631. The number of thioether (sulfide) groups is 1. The van der Waals surface area contributed by atoms with E-state index >= 15 is 0 Å². The molecule has 1 amide bonds. The molecule has 9 nitrogen and oxygen atoms in total. The largest absolute Gasteiger partial charge is 0.467 e. The molecule has 128 valence electrons. The van der Waals surface area contributed by atoms with E-state index in [9.17, 15) is 14.4 Å². The molecular weight excluding hydrogens is 322 g/mol. The van der Waals surface area contributed by atoms with Crippen LogP contribution in [0.15, 0.2) is 9.95 Å². The van der Waals surface area contributed by atoms with Gasteiger partial charge < -0.3 is 15.9 Å². The van der Waals surface area contributed by atoms with Crippen LogP contribution in [0.5, 0.6) is 0 Å². The smallest absolute Gasteiger partial charge is 0.328 e. The van der Waals surface area contributed by atoms with Crippen molar-refractivity contribution in [2.75, 3.05) is 18.7 Å². The molecule has 0 radical (unpaired) electrons. The molecule has 3 N–H and O–H groups in total. The number of carbonyl (C=O) groups excluding carboxylic acids is 2. The van der Waals surface area contributed by atoms with Gasteiger partial charge in [0.2, 0.25) is 11.1 Å². The van der Waals surface area contributed by atoms with Crippen LogP contribution in [0, 0.1) is 12.8 Å². The molecule has 0 saturated carbocycles. The van der Waals surface area contributed by atoms with Gasteiger partial charge in [0, 0.05) is 0 Å². The van der Waals surface area contributed by atoms with Crippen molar-refractivity contribution in [3.05, 3.63) is 16.0 Å². The van der Waals surface area contributed by atoms with Crippen molar-refractivity contribution in [3.8, 4) is 0 Å². The fourth-order valence-electron chi connectivity index (χ4n) is 1.76. The average molecular weight is 343 g/mol. The van der Waals surface area contributed by atoms with Gasteiger partial charge in [-0.3, -0.25) is 9.59 Å². The molecule has 1 heterocycles. The Morgan fingerprint density at radius 1 is 1.39 bits per heavy atom. The lowest BCUT2D eigenvalue weighted by atomic mass is 10.0. The fraction of sp³-hybridized carbons (Fsp3) is 0.615. The topological polar surface area (TPSA) is 129 Å². The first-order chi connectivity index (χ1) is 10.8. The van der Waals surface area contributed by atoms with Gasteiger partial charge in [0.25, 0.3) is 5.56 Å². The molecule has 0 spiro atoms. The van der Waals surface area contributed by atoms with Gasteiger partial charge >= 0.3 is 5.97 Å². The summed E-state index contributed by atoms with van der Waals surface area (Å²) >= 11 is 0.958. The third kappa shape index (κ3) is 5.55. The summed E-state index contributed by atoms with van der Waals surface area (Å²) in [7, 11) is 1.27. The summed E-state index contributed by atoms with van der Waals surface area (Å²) in [5, 5.41) is 10.2. The van der Waals surface area contributed by atoms with Crippen LogP contribution >= 0.6 is 11.8 Å². The van der Waals surface area contributed by atoms with Gasteiger partial charge in [-0.1, -0.05) is 25.6 Å². The first-order valence-electron chi connectivity index (χ1n) is 6.97. The SMILES string of the molecule is COC(=O)[C@@H](CC(C)C)NC(=O)CSc1nnc(C)c(=O)n1N. The Labute approximate surface area is 137 Å². The zero-order valence-corrected chi connectivity index (χ0v) is 14.3. The number of carbonyl (C=O) groups is 2. The highest BCUT2D eigenvalue weighted by molar-refractivity contribution is 7.99. The minimum absolute atomic E-state index is 0.0556. The second-order valence-corrected chi connectivity index (χ2v) is 6.25. The maximum absolute atomic E-state index is 12.0. The van der Waals surface area contributed by atoms with Crippen LogP contribution in [-0.4, -0.2) is 45.7 Å². The number of nitrogens with one attached hydrogen (secondary N) is 1. The van der Waals surface area contributed by atoms with E-state index in [1.165, 1.54) is 14.0 Å². The summed E-state index contributed by atoms with van der Waals surface area (Å²) in [5.41, 5.74) is -0.306. The van der Waals surface area contributed by atoms with Crippen molar-refractivity contribution in [2.45, 2.75) is 38.4 Å². The van der Waals surface area contributed by atoms with Gasteiger partial charge in [0.15, 0.2) is 0 Å². The Hall–Kier alpha value is -2.10. The minimum atomic E-state index is -0.711. The first-order valence-corrected chi connectivity index (χ1v) is 7.96. The molecule has 0 bridgehead atoms. The molecule has 1 aromatic heterocycles. The zero-order chi connectivity index (χ0) is 17.6. The number of nitrogens with two attached hydrogens (primary N) is 1. The van der Waals surface area contributed by atoms with Crippen molar-refractivity contribution in [3.63, 3.8) is 0 Å². The maximum atomic E-state index is 12.0. The van der Waals surface area contributed by atoms with Crippen LogP contribution in [0.2, 0.25) is 0 Å². The lowest BCUT2D eigenvalue weighted by molar-refractivity contribution is -0.145. The molecule has 0 saturated heterocycles. The number of nitrogens with zero attached hydrogens (tertiary/aromatic N) is 3. The third-order valence-electron chi connectivity index (χ3n) is 2.88. The number of hydrogen-bond donors (Lipinski definition) is 2. The summed E-state index contributed by atoms with van der Waals surface area (Å²) in [4.78, 5) is 35.3. The highest BCUT2D eigenvalue weighted by atomic mass is 32.2. The van der Waals surface area contributed by atoms with E-state index in [4.69, 9.17) is 5.84 Å². The Balaban J connectivity index is 2.67. The Morgan fingerprint density at radius 2 is 2.04 bits per heavy atom. The van der Waals surface area contributed by atoms with E-state index in [-0.39, 0.29) is 28.4 Å². The van der Waals surface area contributed by atoms with Gasteiger partial charge in [-0.25, -0.2) is 4.79 Å². The molecule has 1 aromatic rings. The normalized spacial score (nSPS) is 12.0. The van der Waals surface area contributed by atoms with Gasteiger partial charge in [-0.2, -0.15) is 4.68 Å². The summed E-state index contributed by atoms with van der Waals surface area (Å²) in [5.74, 6) is 4.85. The standard InChI is InChI=1S/C13H21N5O4S/c1-7(2)5-9(12(21)22-4)15-10(19)6-23-13-17-16-8(3)11(20)18(13)14/h7,9H,5-6,14H2,1-4H3,(H,15,19)/t9-/m1/s1. The van der Waals surface area contributed by atoms with Crippen LogP contribution in [-0.2, 0) is 14.3 Å². The van der Waals surface area contributed by atoms with Crippen LogP contribution in [0.3, 0.4) is 0 Å². The number of hydrogen-bond acceptors (Lipinski definition) is 8. The Kier molecular flexibility index (Phi) is 7.01. The second kappa shape index (κ2) is 8.51. The maximum Gasteiger partial charge on any atom is 0.328 e. The average Bonchev–Trinajstić information content (AvgIpc) is 2.50. The third-order valence-corrected chi connectivity index (χ3v) is 3.82. The quantitative estimate of drug-likeness (QED) is 0.383. The van der Waals surface area contributed by atoms with E-state index < -0.39 is 17.6 Å². The van der Waals surface area contributed by atoms with Crippen LogP contribution < -0.4 is 16.7 Å². The predicted octanol–water partition coefficient (Wildman–Crippen LogP) is -0.543. The summed E-state index contributed by atoms with van der Waals surface area (Å²) in [6, 6.07) is -0.711. The number of aromatic nitrogens is 3. The number of rotatable bonds is 7. The van der Waals surface area contributed by atoms with Gasteiger partial charge in [0.1, 0.15) is 11.7 Å². The molecular formula is C13H21N5O4S. The minimum Gasteiger partial charge on any atom is -0.467 e. The number of methoxy groups -OCH3 is 1. The molecule has 0 aliphatic carbocycles. The molecule has 0 aliphatic heterocycles. The number of nitrogen functional groups attached to an aromatic ring is 1. The van der Waals surface area contributed by atoms with Crippen LogP contribution in [0.4, 0.5) is 0 Å². The summed E-state index contributed by atoms with van der Waals surface area (Å²) in [6.07, 6.45) is 0.467. The van der Waals surface area contributed by atoms with E-state index in [1.54, 1.807) is 0 Å². The molecule has 0 fully saturated rings. The van der Waals surface area contributed by atoms with Crippen molar-refractivity contribution in [1.82, 2.24) is 20.2 Å². The molecule has 0 unspecified atom stereocenters. The summed E-state index contributed by atoms with van der Waals surface area (Å²) < 4.78 is 5.52. The molecule has 1 rings (SSSR count).